The second kappa shape index (κ2) is 10.0. The third-order valence-electron chi connectivity index (χ3n) is 4.36. The lowest BCUT2D eigenvalue weighted by Crippen LogP contribution is -2.45. The van der Waals surface area contributed by atoms with Gasteiger partial charge in [0.2, 0.25) is 11.8 Å². The van der Waals surface area contributed by atoms with E-state index in [9.17, 15) is 9.59 Å². The zero-order valence-corrected chi connectivity index (χ0v) is 17.3. The molecule has 1 atom stereocenters. The normalized spacial score (nSPS) is 11.8. The van der Waals surface area contributed by atoms with Gasteiger partial charge in [0.25, 0.3) is 0 Å². The zero-order chi connectivity index (χ0) is 20.6. The number of aromatic nitrogens is 2. The van der Waals surface area contributed by atoms with Crippen LogP contribution >= 0.6 is 11.8 Å². The Bertz CT molecular complexity index is 995. The quantitative estimate of drug-likeness (QED) is 0.558. The van der Waals surface area contributed by atoms with E-state index < -0.39 is 6.04 Å². The van der Waals surface area contributed by atoms with Crippen LogP contribution in [0.1, 0.15) is 20.3 Å². The molecule has 29 heavy (non-hydrogen) atoms. The second-order valence-electron chi connectivity index (χ2n) is 6.63. The maximum Gasteiger partial charge on any atom is 0.242 e. The number of carbonyl (C=O) groups excluding carboxylic acids is 2. The van der Waals surface area contributed by atoms with Crippen LogP contribution in [0, 0.1) is 0 Å². The molecule has 0 fully saturated rings. The molecule has 0 aliphatic heterocycles. The van der Waals surface area contributed by atoms with Gasteiger partial charge in [0, 0.05) is 22.9 Å². The van der Waals surface area contributed by atoms with Crippen LogP contribution in [0.15, 0.2) is 59.6 Å². The van der Waals surface area contributed by atoms with Crippen molar-refractivity contribution in [1.29, 1.82) is 0 Å². The number of rotatable bonds is 8. The minimum atomic E-state index is -0.571. The minimum Gasteiger partial charge on any atom is -0.354 e. The Morgan fingerprint density at radius 2 is 1.69 bits per heavy atom. The number of amides is 2. The van der Waals surface area contributed by atoms with Crippen molar-refractivity contribution in [3.63, 3.8) is 0 Å². The van der Waals surface area contributed by atoms with E-state index in [1.807, 2.05) is 61.5 Å². The predicted octanol–water partition coefficient (Wildman–Crippen LogP) is 3.42. The SMILES string of the molecule is CCCNC(=O)[C@@H](C)NC(=O)CSc1nnc(-c2ccccc2)c2ccccc12. The summed E-state index contributed by atoms with van der Waals surface area (Å²) in [5.41, 5.74) is 1.81. The number of benzene rings is 2. The molecule has 2 aromatic carbocycles. The fraction of sp³-hybridized carbons (Fsp3) is 0.273. The first kappa shape index (κ1) is 20.8. The Hall–Kier alpha value is -2.93. The lowest BCUT2D eigenvalue weighted by atomic mass is 10.1. The molecule has 0 unspecified atom stereocenters. The van der Waals surface area contributed by atoms with Crippen molar-refractivity contribution in [3.05, 3.63) is 54.6 Å². The van der Waals surface area contributed by atoms with Gasteiger partial charge in [-0.05, 0) is 13.3 Å². The van der Waals surface area contributed by atoms with E-state index in [2.05, 4.69) is 20.8 Å². The lowest BCUT2D eigenvalue weighted by molar-refractivity contribution is -0.127. The Morgan fingerprint density at radius 1 is 1.00 bits per heavy atom. The summed E-state index contributed by atoms with van der Waals surface area (Å²) in [6, 6.07) is 17.2. The molecule has 0 saturated heterocycles. The van der Waals surface area contributed by atoms with E-state index >= 15 is 0 Å². The number of nitrogens with zero attached hydrogens (tertiary/aromatic N) is 2. The fourth-order valence-electron chi connectivity index (χ4n) is 2.88. The number of fused-ring (bicyclic) bond motifs is 1. The van der Waals surface area contributed by atoms with E-state index in [1.165, 1.54) is 11.8 Å². The number of hydrogen-bond acceptors (Lipinski definition) is 5. The van der Waals surface area contributed by atoms with Crippen molar-refractivity contribution in [2.45, 2.75) is 31.3 Å². The summed E-state index contributed by atoms with van der Waals surface area (Å²) in [5.74, 6) is -0.232. The molecule has 150 valence electrons. The average Bonchev–Trinajstić information content (AvgIpc) is 2.76. The van der Waals surface area contributed by atoms with Crippen molar-refractivity contribution in [2.24, 2.45) is 0 Å². The largest absolute Gasteiger partial charge is 0.354 e. The summed E-state index contributed by atoms with van der Waals surface area (Å²) in [4.78, 5) is 24.2. The Morgan fingerprint density at radius 3 is 2.41 bits per heavy atom. The van der Waals surface area contributed by atoms with Crippen LogP contribution in [-0.4, -0.2) is 40.4 Å². The standard InChI is InChI=1S/C22H24N4O2S/c1-3-13-23-21(28)15(2)24-19(27)14-29-22-18-12-8-7-11-17(18)20(25-26-22)16-9-5-4-6-10-16/h4-12,15H,3,13-14H2,1-2H3,(H,23,28)(H,24,27)/t15-/m1/s1. The third-order valence-corrected chi connectivity index (χ3v) is 5.34. The van der Waals surface area contributed by atoms with E-state index in [1.54, 1.807) is 6.92 Å². The van der Waals surface area contributed by atoms with Crippen LogP contribution < -0.4 is 10.6 Å². The van der Waals surface area contributed by atoms with Crippen molar-refractivity contribution in [3.8, 4) is 11.3 Å². The first-order valence-electron chi connectivity index (χ1n) is 9.61. The first-order chi connectivity index (χ1) is 14.1. The highest BCUT2D eigenvalue weighted by molar-refractivity contribution is 8.00. The van der Waals surface area contributed by atoms with E-state index in [0.717, 1.165) is 28.5 Å². The molecule has 0 saturated carbocycles. The van der Waals surface area contributed by atoms with Gasteiger partial charge < -0.3 is 10.6 Å². The van der Waals surface area contributed by atoms with Crippen molar-refractivity contribution in [2.75, 3.05) is 12.3 Å². The smallest absolute Gasteiger partial charge is 0.242 e. The Balaban J connectivity index is 1.71. The van der Waals surface area contributed by atoms with Gasteiger partial charge in [0.05, 0.1) is 5.75 Å². The predicted molar refractivity (Wildman–Crippen MR) is 117 cm³/mol. The minimum absolute atomic E-state index is 0.161. The summed E-state index contributed by atoms with van der Waals surface area (Å²) in [6.07, 6.45) is 0.854. The summed E-state index contributed by atoms with van der Waals surface area (Å²) >= 11 is 1.32. The van der Waals surface area contributed by atoms with Gasteiger partial charge in [-0.3, -0.25) is 9.59 Å². The Kier molecular flexibility index (Phi) is 7.19. The summed E-state index contributed by atoms with van der Waals surface area (Å²) in [5, 5.41) is 16.9. The van der Waals surface area contributed by atoms with Crippen LogP contribution in [0.5, 0.6) is 0 Å². The second-order valence-corrected chi connectivity index (χ2v) is 7.60. The fourth-order valence-corrected chi connectivity index (χ4v) is 3.66. The van der Waals surface area contributed by atoms with Gasteiger partial charge in [-0.1, -0.05) is 73.3 Å². The van der Waals surface area contributed by atoms with Crippen LogP contribution in [0.4, 0.5) is 0 Å². The van der Waals surface area contributed by atoms with Gasteiger partial charge in [-0.2, -0.15) is 0 Å². The number of hydrogen-bond donors (Lipinski definition) is 2. The van der Waals surface area contributed by atoms with Crippen LogP contribution in [0.25, 0.3) is 22.0 Å². The molecule has 0 bridgehead atoms. The Labute approximate surface area is 174 Å². The van der Waals surface area contributed by atoms with Crippen molar-refractivity contribution < 1.29 is 9.59 Å². The third kappa shape index (κ3) is 5.32. The van der Waals surface area contributed by atoms with Crippen molar-refractivity contribution >= 4 is 34.3 Å². The zero-order valence-electron chi connectivity index (χ0n) is 16.5. The molecule has 1 heterocycles. The maximum absolute atomic E-state index is 12.3. The molecule has 2 amide bonds. The summed E-state index contributed by atoms with van der Waals surface area (Å²) in [6.45, 7) is 4.26. The molecule has 0 aliphatic carbocycles. The average molecular weight is 409 g/mol. The number of nitrogens with one attached hydrogen (secondary N) is 2. The van der Waals surface area contributed by atoms with Crippen LogP contribution in [0.2, 0.25) is 0 Å². The van der Waals surface area contributed by atoms with Gasteiger partial charge in [0.15, 0.2) is 0 Å². The number of thioether (sulfide) groups is 1. The van der Waals surface area contributed by atoms with Gasteiger partial charge in [0.1, 0.15) is 16.8 Å². The van der Waals surface area contributed by atoms with Gasteiger partial charge >= 0.3 is 0 Å². The van der Waals surface area contributed by atoms with Gasteiger partial charge in [-0.25, -0.2) is 0 Å². The first-order valence-corrected chi connectivity index (χ1v) is 10.6. The van der Waals surface area contributed by atoms with Gasteiger partial charge in [-0.15, -0.1) is 10.2 Å². The van der Waals surface area contributed by atoms with E-state index in [-0.39, 0.29) is 17.6 Å². The molecule has 2 N–H and O–H groups in total. The molecule has 7 heteroatoms. The van der Waals surface area contributed by atoms with E-state index in [4.69, 9.17) is 0 Å². The molecule has 0 radical (unpaired) electrons. The highest BCUT2D eigenvalue weighted by Gasteiger charge is 2.16. The molecular formula is C22H24N4O2S. The molecular weight excluding hydrogens is 384 g/mol. The molecule has 6 nitrogen and oxygen atoms in total. The topological polar surface area (TPSA) is 84.0 Å². The van der Waals surface area contributed by atoms with Crippen LogP contribution in [0.3, 0.4) is 0 Å². The van der Waals surface area contributed by atoms with E-state index in [0.29, 0.717) is 11.6 Å². The van der Waals surface area contributed by atoms with Crippen LogP contribution in [-0.2, 0) is 9.59 Å². The molecule has 0 aliphatic rings. The molecule has 3 aromatic rings. The highest BCUT2D eigenvalue weighted by Crippen LogP contribution is 2.31. The highest BCUT2D eigenvalue weighted by atomic mass is 32.2. The number of carbonyl (C=O) groups is 2. The monoisotopic (exact) mass is 408 g/mol. The lowest BCUT2D eigenvalue weighted by Gasteiger charge is -2.14. The van der Waals surface area contributed by atoms with Crippen molar-refractivity contribution in [1.82, 2.24) is 20.8 Å². The summed E-state index contributed by atoms with van der Waals surface area (Å²) < 4.78 is 0. The maximum atomic E-state index is 12.3. The molecule has 1 aromatic heterocycles. The summed E-state index contributed by atoms with van der Waals surface area (Å²) in [7, 11) is 0. The molecule has 3 rings (SSSR count). The molecule has 0 spiro atoms.